The maximum Gasteiger partial charge on any atom is 0.140 e. The average molecular weight is 168 g/mol. The lowest BCUT2D eigenvalue weighted by molar-refractivity contribution is -0.119. The van der Waals surface area contributed by atoms with Gasteiger partial charge in [-0.1, -0.05) is 13.8 Å². The third kappa shape index (κ3) is 3.07. The van der Waals surface area contributed by atoms with Crippen LogP contribution in [0.2, 0.25) is 0 Å². The monoisotopic (exact) mass is 168 g/mol. The maximum atomic E-state index is 11.0. The highest BCUT2D eigenvalue weighted by Gasteiger charge is 2.12. The Morgan fingerprint density at radius 2 is 2.33 bits per heavy atom. The number of allylic oxidation sites excluding steroid dienone is 2. The number of Topliss-reactive ketones (excluding diaryl/α,β-unsaturated/α-hetero) is 1. The molecule has 0 saturated carbocycles. The van der Waals surface area contributed by atoms with Crippen molar-refractivity contribution in [2.45, 2.75) is 33.1 Å². The summed E-state index contributed by atoms with van der Waals surface area (Å²) in [6.45, 7) is 4.93. The molecule has 2 heteroatoms. The lowest BCUT2D eigenvalue weighted by atomic mass is 10.1. The van der Waals surface area contributed by atoms with Crippen molar-refractivity contribution in [1.29, 1.82) is 0 Å². The number of ketones is 1. The number of hydrogen-bond acceptors (Lipinski definition) is 2. The largest absolute Gasteiger partial charge is 0.498 e. The molecule has 0 atom stereocenters. The highest BCUT2D eigenvalue weighted by Crippen LogP contribution is 2.16. The van der Waals surface area contributed by atoms with Gasteiger partial charge in [0.2, 0.25) is 0 Å². The molecule has 2 nitrogen and oxygen atoms in total. The van der Waals surface area contributed by atoms with E-state index in [0.29, 0.717) is 24.5 Å². The van der Waals surface area contributed by atoms with Crippen molar-refractivity contribution in [1.82, 2.24) is 0 Å². The Morgan fingerprint density at radius 1 is 1.58 bits per heavy atom. The van der Waals surface area contributed by atoms with Crippen LogP contribution >= 0.6 is 0 Å². The maximum absolute atomic E-state index is 11.0. The van der Waals surface area contributed by atoms with Gasteiger partial charge in [-0.2, -0.15) is 0 Å². The molecule has 0 N–H and O–H groups in total. The first-order valence-corrected chi connectivity index (χ1v) is 4.52. The molecule has 0 unspecified atom stereocenters. The fourth-order valence-corrected chi connectivity index (χ4v) is 1.13. The highest BCUT2D eigenvalue weighted by molar-refractivity contribution is 5.81. The topological polar surface area (TPSA) is 26.3 Å². The van der Waals surface area contributed by atoms with Crippen LogP contribution in [0.25, 0.3) is 0 Å². The first kappa shape index (κ1) is 9.30. The van der Waals surface area contributed by atoms with E-state index in [9.17, 15) is 4.79 Å². The molecule has 0 aromatic carbocycles. The van der Waals surface area contributed by atoms with Gasteiger partial charge in [0, 0.05) is 6.42 Å². The zero-order valence-electron chi connectivity index (χ0n) is 7.80. The summed E-state index contributed by atoms with van der Waals surface area (Å²) in [5, 5.41) is 0. The number of carbonyl (C=O) groups is 1. The molecule has 1 rings (SSSR count). The Kier molecular flexibility index (Phi) is 3.32. The number of ether oxygens (including phenoxy) is 1. The second-order valence-corrected chi connectivity index (χ2v) is 3.63. The van der Waals surface area contributed by atoms with Crippen molar-refractivity contribution < 1.29 is 9.53 Å². The second-order valence-electron chi connectivity index (χ2n) is 3.63. The van der Waals surface area contributed by atoms with E-state index in [1.807, 2.05) is 6.08 Å². The summed E-state index contributed by atoms with van der Waals surface area (Å²) in [4.78, 5) is 11.0. The first-order chi connectivity index (χ1) is 5.68. The summed E-state index contributed by atoms with van der Waals surface area (Å²) in [6, 6.07) is 0. The minimum atomic E-state index is 0.302. The molecule has 1 aliphatic rings. The Balaban J connectivity index is 2.32. The molecule has 0 saturated heterocycles. The standard InChI is InChI=1S/C10H16O2/c1-8(2)7-12-10-5-3-4-9(11)6-10/h5,8H,3-4,6-7H2,1-2H3. The first-order valence-electron chi connectivity index (χ1n) is 4.52. The van der Waals surface area contributed by atoms with Crippen LogP contribution in [0.4, 0.5) is 0 Å². The van der Waals surface area contributed by atoms with E-state index in [1.165, 1.54) is 0 Å². The van der Waals surface area contributed by atoms with Crippen LogP contribution in [-0.4, -0.2) is 12.4 Å². The molecule has 0 amide bonds. The van der Waals surface area contributed by atoms with Crippen LogP contribution in [0.3, 0.4) is 0 Å². The molecule has 0 aromatic rings. The number of hydrogen-bond donors (Lipinski definition) is 0. The third-order valence-corrected chi connectivity index (χ3v) is 1.77. The summed E-state index contributed by atoms with van der Waals surface area (Å²) >= 11 is 0. The fraction of sp³-hybridized carbons (Fsp3) is 0.700. The van der Waals surface area contributed by atoms with Crippen molar-refractivity contribution in [3.63, 3.8) is 0 Å². The normalized spacial score (nSPS) is 17.9. The van der Waals surface area contributed by atoms with Gasteiger partial charge in [-0.3, -0.25) is 4.79 Å². The van der Waals surface area contributed by atoms with Gasteiger partial charge in [0.1, 0.15) is 5.78 Å². The van der Waals surface area contributed by atoms with Gasteiger partial charge >= 0.3 is 0 Å². The van der Waals surface area contributed by atoms with Crippen molar-refractivity contribution in [3.05, 3.63) is 11.8 Å². The lowest BCUT2D eigenvalue weighted by Gasteiger charge is -2.14. The van der Waals surface area contributed by atoms with Gasteiger partial charge < -0.3 is 4.74 Å². The zero-order chi connectivity index (χ0) is 8.97. The number of carbonyl (C=O) groups excluding carboxylic acids is 1. The van der Waals surface area contributed by atoms with E-state index in [-0.39, 0.29) is 0 Å². The van der Waals surface area contributed by atoms with Crippen molar-refractivity contribution in [2.24, 2.45) is 5.92 Å². The Bertz CT molecular complexity index is 192. The van der Waals surface area contributed by atoms with Crippen LogP contribution in [0.1, 0.15) is 33.1 Å². The highest BCUT2D eigenvalue weighted by atomic mass is 16.5. The van der Waals surface area contributed by atoms with Crippen LogP contribution in [0.15, 0.2) is 11.8 Å². The smallest absolute Gasteiger partial charge is 0.140 e. The number of rotatable bonds is 3. The molecular formula is C10H16O2. The van der Waals surface area contributed by atoms with E-state index in [1.54, 1.807) is 0 Å². The molecule has 0 spiro atoms. The minimum Gasteiger partial charge on any atom is -0.498 e. The van der Waals surface area contributed by atoms with Crippen molar-refractivity contribution in [3.8, 4) is 0 Å². The van der Waals surface area contributed by atoms with Crippen LogP contribution < -0.4 is 0 Å². The molecule has 68 valence electrons. The molecule has 0 aliphatic heterocycles. The average Bonchev–Trinajstić information content (AvgIpc) is 2.01. The van der Waals surface area contributed by atoms with Gasteiger partial charge in [0.25, 0.3) is 0 Å². The summed E-state index contributed by atoms with van der Waals surface area (Å²) in [6.07, 6.45) is 4.08. The second kappa shape index (κ2) is 4.29. The molecule has 0 bridgehead atoms. The lowest BCUT2D eigenvalue weighted by Crippen LogP contribution is -2.09. The molecule has 0 radical (unpaired) electrons. The van der Waals surface area contributed by atoms with Crippen LogP contribution in [-0.2, 0) is 9.53 Å². The quantitative estimate of drug-likeness (QED) is 0.646. The Morgan fingerprint density at radius 3 is 2.92 bits per heavy atom. The van der Waals surface area contributed by atoms with Gasteiger partial charge in [0.05, 0.1) is 18.8 Å². The van der Waals surface area contributed by atoms with E-state index in [4.69, 9.17) is 4.74 Å². The van der Waals surface area contributed by atoms with Gasteiger partial charge in [-0.05, 0) is 18.4 Å². The molecule has 0 heterocycles. The third-order valence-electron chi connectivity index (χ3n) is 1.77. The van der Waals surface area contributed by atoms with Gasteiger partial charge in [0.15, 0.2) is 0 Å². The van der Waals surface area contributed by atoms with E-state index in [0.717, 1.165) is 18.8 Å². The zero-order valence-corrected chi connectivity index (χ0v) is 7.80. The molecule has 0 fully saturated rings. The molecular weight excluding hydrogens is 152 g/mol. The van der Waals surface area contributed by atoms with E-state index in [2.05, 4.69) is 13.8 Å². The van der Waals surface area contributed by atoms with Crippen molar-refractivity contribution >= 4 is 5.78 Å². The molecule has 1 aliphatic carbocycles. The summed E-state index contributed by atoms with van der Waals surface area (Å²) in [7, 11) is 0. The van der Waals surface area contributed by atoms with Crippen LogP contribution in [0, 0.1) is 5.92 Å². The predicted octanol–water partition coefficient (Wildman–Crippen LogP) is 2.30. The van der Waals surface area contributed by atoms with E-state index < -0.39 is 0 Å². The Hall–Kier alpha value is -0.790. The van der Waals surface area contributed by atoms with Gasteiger partial charge in [-0.15, -0.1) is 0 Å². The molecule has 0 aromatic heterocycles. The van der Waals surface area contributed by atoms with E-state index >= 15 is 0 Å². The Labute approximate surface area is 73.6 Å². The summed E-state index contributed by atoms with van der Waals surface area (Å²) in [5.41, 5.74) is 0. The summed E-state index contributed by atoms with van der Waals surface area (Å²) < 4.78 is 5.46. The SMILES string of the molecule is CC(C)COC1=CCCC(=O)C1. The molecule has 12 heavy (non-hydrogen) atoms. The van der Waals surface area contributed by atoms with Crippen LogP contribution in [0.5, 0.6) is 0 Å². The summed E-state index contributed by atoms with van der Waals surface area (Å²) in [5.74, 6) is 1.71. The minimum absolute atomic E-state index is 0.302. The predicted molar refractivity (Wildman–Crippen MR) is 47.7 cm³/mol. The fourth-order valence-electron chi connectivity index (χ4n) is 1.13. The van der Waals surface area contributed by atoms with Gasteiger partial charge in [-0.25, -0.2) is 0 Å². The van der Waals surface area contributed by atoms with Crippen molar-refractivity contribution in [2.75, 3.05) is 6.61 Å².